The van der Waals surface area contributed by atoms with Gasteiger partial charge in [-0.3, -0.25) is 9.59 Å². The molecule has 1 aromatic rings. The van der Waals surface area contributed by atoms with Crippen molar-refractivity contribution in [3.63, 3.8) is 0 Å². The van der Waals surface area contributed by atoms with Crippen LogP contribution in [0.1, 0.15) is 33.9 Å². The first-order chi connectivity index (χ1) is 11.1. The average molecular weight is 342 g/mol. The zero-order chi connectivity index (χ0) is 18.2. The van der Waals surface area contributed by atoms with E-state index >= 15 is 0 Å². The lowest BCUT2D eigenvalue weighted by Gasteiger charge is -2.26. The number of nitriles is 1. The lowest BCUT2D eigenvalue weighted by atomic mass is 9.99. The summed E-state index contributed by atoms with van der Waals surface area (Å²) in [6.07, 6.45) is -5.93. The van der Waals surface area contributed by atoms with Crippen LogP contribution in [-0.4, -0.2) is 39.0 Å². The van der Waals surface area contributed by atoms with Gasteiger partial charge in [-0.15, -0.1) is 0 Å². The summed E-state index contributed by atoms with van der Waals surface area (Å²) in [5, 5.41) is 27.1. The summed E-state index contributed by atoms with van der Waals surface area (Å²) in [5.41, 5.74) is -2.42. The van der Waals surface area contributed by atoms with E-state index in [-0.39, 0.29) is 5.56 Å². The molecule has 2 N–H and O–H groups in total. The molecule has 0 saturated heterocycles. The van der Waals surface area contributed by atoms with Gasteiger partial charge in [0, 0.05) is 5.56 Å². The van der Waals surface area contributed by atoms with E-state index < -0.39 is 53.7 Å². The van der Waals surface area contributed by atoms with Crippen molar-refractivity contribution in [3.05, 3.63) is 34.9 Å². The fraction of sp³-hybridized carbons (Fsp3) is 0.286. The van der Waals surface area contributed by atoms with Gasteiger partial charge in [0.15, 0.2) is 0 Å². The van der Waals surface area contributed by atoms with Crippen molar-refractivity contribution in [2.45, 2.75) is 24.7 Å². The lowest BCUT2D eigenvalue weighted by molar-refractivity contribution is -0.149. The molecule has 0 spiro atoms. The van der Waals surface area contributed by atoms with Crippen LogP contribution in [0.15, 0.2) is 18.2 Å². The van der Waals surface area contributed by atoms with E-state index in [2.05, 4.69) is 0 Å². The number of carbonyl (C=O) groups is 3. The minimum absolute atomic E-state index is 0.297. The number of alkyl halides is 3. The lowest BCUT2D eigenvalue weighted by Crippen LogP contribution is -2.44. The Bertz CT molecular complexity index is 769. The van der Waals surface area contributed by atoms with Gasteiger partial charge in [0.1, 0.15) is 12.1 Å². The minimum Gasteiger partial charge on any atom is -0.481 e. The third kappa shape index (κ3) is 2.76. The molecule has 24 heavy (non-hydrogen) atoms. The van der Waals surface area contributed by atoms with E-state index in [0.29, 0.717) is 11.0 Å². The molecule has 1 aromatic carbocycles. The second-order valence-corrected chi connectivity index (χ2v) is 4.96. The number of amides is 1. The molecule has 1 aliphatic rings. The molecule has 0 aliphatic carbocycles. The maximum atomic E-state index is 13.1. The molecule has 10 heteroatoms. The maximum absolute atomic E-state index is 13.1. The molecule has 1 amide bonds. The van der Waals surface area contributed by atoms with Crippen LogP contribution in [0.2, 0.25) is 0 Å². The zero-order valence-electron chi connectivity index (χ0n) is 11.7. The zero-order valence-corrected chi connectivity index (χ0v) is 11.7. The second-order valence-electron chi connectivity index (χ2n) is 4.96. The summed E-state index contributed by atoms with van der Waals surface area (Å²) in [7, 11) is 0. The first-order valence-electron chi connectivity index (χ1n) is 6.46. The molecular formula is C14H9F3N2O5. The van der Waals surface area contributed by atoms with Crippen LogP contribution >= 0.6 is 0 Å². The Labute approximate surface area is 132 Å². The first-order valence-corrected chi connectivity index (χ1v) is 6.46. The summed E-state index contributed by atoms with van der Waals surface area (Å²) in [6.45, 7) is 0. The van der Waals surface area contributed by atoms with Crippen LogP contribution in [0.25, 0.3) is 0 Å². The second kappa shape index (κ2) is 5.84. The van der Waals surface area contributed by atoms with E-state index in [0.717, 1.165) is 12.1 Å². The molecule has 7 nitrogen and oxygen atoms in total. The Balaban J connectivity index is 2.63. The van der Waals surface area contributed by atoms with Gasteiger partial charge in [0.05, 0.1) is 23.6 Å². The average Bonchev–Trinajstić information content (AvgIpc) is 2.75. The van der Waals surface area contributed by atoms with Gasteiger partial charge in [-0.2, -0.15) is 18.4 Å². The van der Waals surface area contributed by atoms with Crippen LogP contribution in [-0.2, 0) is 15.8 Å². The molecule has 0 radical (unpaired) electrons. The monoisotopic (exact) mass is 342 g/mol. The van der Waals surface area contributed by atoms with Crippen molar-refractivity contribution in [1.82, 2.24) is 4.90 Å². The highest BCUT2D eigenvalue weighted by Crippen LogP contribution is 2.42. The number of aliphatic carboxylic acids is 2. The Morgan fingerprint density at radius 1 is 1.33 bits per heavy atom. The Morgan fingerprint density at radius 3 is 2.42 bits per heavy atom. The predicted molar refractivity (Wildman–Crippen MR) is 69.6 cm³/mol. The third-order valence-electron chi connectivity index (χ3n) is 3.53. The smallest absolute Gasteiger partial charge is 0.417 e. The Morgan fingerprint density at radius 2 is 1.96 bits per heavy atom. The Hall–Kier alpha value is -3.09. The van der Waals surface area contributed by atoms with Gasteiger partial charge in [-0.25, -0.2) is 4.79 Å². The highest BCUT2D eigenvalue weighted by molar-refractivity contribution is 6.03. The standard InChI is InChI=1S/C14H9F3N2O5/c15-14(16,17)7-3-1-2-6-9(5-18)19(12(22)11(6)7)8(13(23)24)4-10(20)21/h1-3,8-9H,4H2,(H,20,21)(H,23,24). The Kier molecular flexibility index (Phi) is 4.20. The van der Waals surface area contributed by atoms with Crippen LogP contribution in [0.3, 0.4) is 0 Å². The quantitative estimate of drug-likeness (QED) is 0.859. The number of halogens is 3. The SMILES string of the molecule is N#CC1c2cccc(C(F)(F)F)c2C(=O)N1C(CC(=O)O)C(=O)O. The first kappa shape index (κ1) is 17.3. The maximum Gasteiger partial charge on any atom is 0.417 e. The molecule has 2 unspecified atom stereocenters. The van der Waals surface area contributed by atoms with Crippen molar-refractivity contribution in [2.75, 3.05) is 0 Å². The molecule has 0 saturated carbocycles. The number of rotatable bonds is 4. The molecule has 1 heterocycles. The summed E-state index contributed by atoms with van der Waals surface area (Å²) >= 11 is 0. The summed E-state index contributed by atoms with van der Waals surface area (Å²) in [4.78, 5) is 34.8. The van der Waals surface area contributed by atoms with Crippen molar-refractivity contribution >= 4 is 17.8 Å². The van der Waals surface area contributed by atoms with Gasteiger partial charge in [-0.05, 0) is 6.07 Å². The fourth-order valence-corrected chi connectivity index (χ4v) is 2.59. The number of nitrogens with zero attached hydrogens (tertiary/aromatic N) is 2. The van der Waals surface area contributed by atoms with E-state index in [1.165, 1.54) is 0 Å². The van der Waals surface area contributed by atoms with Crippen LogP contribution < -0.4 is 0 Å². The number of benzene rings is 1. The number of hydrogen-bond acceptors (Lipinski definition) is 4. The van der Waals surface area contributed by atoms with E-state index in [9.17, 15) is 32.8 Å². The van der Waals surface area contributed by atoms with Crippen LogP contribution in [0.4, 0.5) is 13.2 Å². The number of hydrogen-bond donors (Lipinski definition) is 2. The topological polar surface area (TPSA) is 119 Å². The largest absolute Gasteiger partial charge is 0.481 e. The summed E-state index contributed by atoms with van der Waals surface area (Å²) in [6, 6.07) is 0.733. The number of carbonyl (C=O) groups excluding carboxylic acids is 1. The molecular weight excluding hydrogens is 333 g/mol. The normalized spacial score (nSPS) is 18.0. The molecule has 1 aliphatic heterocycles. The molecule has 0 aromatic heterocycles. The van der Waals surface area contributed by atoms with Crippen molar-refractivity contribution in [3.8, 4) is 6.07 Å². The fourth-order valence-electron chi connectivity index (χ4n) is 2.59. The summed E-state index contributed by atoms with van der Waals surface area (Å²) in [5.74, 6) is -4.63. The van der Waals surface area contributed by atoms with Gasteiger partial charge in [0.25, 0.3) is 5.91 Å². The van der Waals surface area contributed by atoms with E-state index in [4.69, 9.17) is 10.2 Å². The minimum atomic E-state index is -4.89. The molecule has 0 bridgehead atoms. The van der Waals surface area contributed by atoms with E-state index in [1.54, 1.807) is 6.07 Å². The molecule has 2 rings (SSSR count). The number of carboxylic acids is 2. The highest BCUT2D eigenvalue weighted by Gasteiger charge is 2.48. The van der Waals surface area contributed by atoms with Gasteiger partial charge < -0.3 is 15.1 Å². The molecule has 0 fully saturated rings. The van der Waals surface area contributed by atoms with Crippen molar-refractivity contribution in [1.29, 1.82) is 5.26 Å². The van der Waals surface area contributed by atoms with E-state index in [1.807, 2.05) is 0 Å². The van der Waals surface area contributed by atoms with Gasteiger partial charge in [0.2, 0.25) is 0 Å². The molecule has 2 atom stereocenters. The number of carboxylic acid groups (broad SMARTS) is 2. The highest BCUT2D eigenvalue weighted by atomic mass is 19.4. The van der Waals surface area contributed by atoms with Crippen LogP contribution in [0.5, 0.6) is 0 Å². The number of fused-ring (bicyclic) bond motifs is 1. The van der Waals surface area contributed by atoms with Crippen molar-refractivity contribution < 1.29 is 37.8 Å². The van der Waals surface area contributed by atoms with Gasteiger partial charge in [-0.1, -0.05) is 12.1 Å². The predicted octanol–water partition coefficient (Wildman–Crippen LogP) is 1.65. The van der Waals surface area contributed by atoms with Gasteiger partial charge >= 0.3 is 18.1 Å². The molecule has 126 valence electrons. The summed E-state index contributed by atoms with van der Waals surface area (Å²) < 4.78 is 39.2. The van der Waals surface area contributed by atoms with Crippen molar-refractivity contribution in [2.24, 2.45) is 0 Å². The third-order valence-corrected chi connectivity index (χ3v) is 3.53. The van der Waals surface area contributed by atoms with Crippen LogP contribution in [0, 0.1) is 11.3 Å².